The van der Waals surface area contributed by atoms with E-state index in [-0.39, 0.29) is 23.4 Å². The summed E-state index contributed by atoms with van der Waals surface area (Å²) in [5, 5.41) is 0. The molecule has 4 N–H and O–H groups in total. The number of carbonyl (C=O) groups excluding carboxylic acids is 2. The van der Waals surface area contributed by atoms with Gasteiger partial charge in [0.2, 0.25) is 5.91 Å². The number of esters is 1. The van der Waals surface area contributed by atoms with Gasteiger partial charge in [-0.2, -0.15) is 0 Å². The van der Waals surface area contributed by atoms with Crippen LogP contribution in [0.3, 0.4) is 0 Å². The minimum atomic E-state index is -0.586. The fraction of sp³-hybridized carbons (Fsp3) is 0.200. The molecule has 0 aliphatic carbocycles. The van der Waals surface area contributed by atoms with Gasteiger partial charge >= 0.3 is 5.97 Å². The SMILES string of the molecule is CCOC(=O)c1ccc(C(N)=O)cc1N. The van der Waals surface area contributed by atoms with Crippen LogP contribution in [0.1, 0.15) is 27.6 Å². The summed E-state index contributed by atoms with van der Waals surface area (Å²) < 4.78 is 4.77. The number of benzene rings is 1. The molecular weight excluding hydrogens is 196 g/mol. The topological polar surface area (TPSA) is 95.4 Å². The Morgan fingerprint density at radius 1 is 1.40 bits per heavy atom. The van der Waals surface area contributed by atoms with Gasteiger partial charge in [-0.1, -0.05) is 0 Å². The van der Waals surface area contributed by atoms with Gasteiger partial charge in [0.15, 0.2) is 0 Å². The van der Waals surface area contributed by atoms with Crippen LogP contribution in [0.5, 0.6) is 0 Å². The normalized spacial score (nSPS) is 9.67. The molecule has 0 aliphatic rings. The van der Waals surface area contributed by atoms with Crippen LogP contribution in [0.4, 0.5) is 5.69 Å². The molecule has 5 nitrogen and oxygen atoms in total. The van der Waals surface area contributed by atoms with E-state index in [0.717, 1.165) is 0 Å². The minimum absolute atomic E-state index is 0.185. The summed E-state index contributed by atoms with van der Waals surface area (Å²) in [5.41, 5.74) is 11.3. The Bertz CT molecular complexity index is 402. The number of rotatable bonds is 3. The van der Waals surface area contributed by atoms with E-state index < -0.39 is 11.9 Å². The number of carbonyl (C=O) groups is 2. The Balaban J connectivity index is 3.03. The molecule has 15 heavy (non-hydrogen) atoms. The summed E-state index contributed by atoms with van der Waals surface area (Å²) in [5.74, 6) is -1.09. The standard InChI is InChI=1S/C10H12N2O3/c1-2-15-10(14)7-4-3-6(9(12)13)5-8(7)11/h3-5H,2,11H2,1H3,(H2,12,13). The molecule has 0 spiro atoms. The zero-order chi connectivity index (χ0) is 11.4. The molecule has 80 valence electrons. The lowest BCUT2D eigenvalue weighted by Crippen LogP contribution is -2.13. The number of amides is 1. The van der Waals surface area contributed by atoms with Gasteiger partial charge in [0.1, 0.15) is 0 Å². The lowest BCUT2D eigenvalue weighted by molar-refractivity contribution is 0.0527. The van der Waals surface area contributed by atoms with Crippen molar-refractivity contribution in [3.63, 3.8) is 0 Å². The fourth-order valence-electron chi connectivity index (χ4n) is 1.11. The van der Waals surface area contributed by atoms with Crippen molar-refractivity contribution in [3.05, 3.63) is 29.3 Å². The first-order valence-electron chi connectivity index (χ1n) is 4.42. The number of ether oxygens (including phenoxy) is 1. The zero-order valence-corrected chi connectivity index (χ0v) is 8.32. The summed E-state index contributed by atoms with van der Waals surface area (Å²) in [4.78, 5) is 22.1. The average molecular weight is 208 g/mol. The summed E-state index contributed by atoms with van der Waals surface area (Å²) in [6, 6.07) is 4.22. The van der Waals surface area contributed by atoms with Crippen molar-refractivity contribution in [3.8, 4) is 0 Å². The number of primary amides is 1. The van der Waals surface area contributed by atoms with E-state index in [1.807, 2.05) is 0 Å². The van der Waals surface area contributed by atoms with Gasteiger partial charge in [0, 0.05) is 11.3 Å². The molecule has 0 aliphatic heterocycles. The van der Waals surface area contributed by atoms with Gasteiger partial charge in [-0.05, 0) is 25.1 Å². The highest BCUT2D eigenvalue weighted by molar-refractivity contribution is 5.99. The van der Waals surface area contributed by atoms with Gasteiger partial charge in [0.25, 0.3) is 0 Å². The maximum absolute atomic E-state index is 11.3. The molecule has 1 rings (SSSR count). The van der Waals surface area contributed by atoms with E-state index in [1.165, 1.54) is 18.2 Å². The van der Waals surface area contributed by atoms with Crippen LogP contribution in [0.15, 0.2) is 18.2 Å². The highest BCUT2D eigenvalue weighted by Crippen LogP contribution is 2.15. The Hall–Kier alpha value is -2.04. The van der Waals surface area contributed by atoms with Crippen LogP contribution in [0.2, 0.25) is 0 Å². The third kappa shape index (κ3) is 2.46. The predicted molar refractivity (Wildman–Crippen MR) is 55.3 cm³/mol. The molecule has 0 bridgehead atoms. The van der Waals surface area contributed by atoms with Crippen molar-refractivity contribution in [1.29, 1.82) is 0 Å². The van der Waals surface area contributed by atoms with Crippen LogP contribution in [0, 0.1) is 0 Å². The third-order valence-corrected chi connectivity index (χ3v) is 1.83. The molecule has 0 radical (unpaired) electrons. The second-order valence-corrected chi connectivity index (χ2v) is 2.89. The summed E-state index contributed by atoms with van der Waals surface area (Å²) in [7, 11) is 0. The van der Waals surface area contributed by atoms with Crippen LogP contribution in [-0.4, -0.2) is 18.5 Å². The molecule has 5 heteroatoms. The lowest BCUT2D eigenvalue weighted by Gasteiger charge is -2.05. The molecular formula is C10H12N2O3. The monoisotopic (exact) mass is 208 g/mol. The van der Waals surface area contributed by atoms with E-state index in [4.69, 9.17) is 16.2 Å². The molecule has 0 unspecified atom stereocenters. The minimum Gasteiger partial charge on any atom is -0.462 e. The molecule has 1 aromatic carbocycles. The average Bonchev–Trinajstić information content (AvgIpc) is 2.17. The van der Waals surface area contributed by atoms with E-state index in [1.54, 1.807) is 6.92 Å². The molecule has 0 saturated carbocycles. The maximum atomic E-state index is 11.3. The molecule has 0 fully saturated rings. The summed E-state index contributed by atoms with van der Waals surface area (Å²) in [6.07, 6.45) is 0. The Labute approximate surface area is 87.0 Å². The Morgan fingerprint density at radius 2 is 2.07 bits per heavy atom. The van der Waals surface area contributed by atoms with Crippen molar-refractivity contribution < 1.29 is 14.3 Å². The largest absolute Gasteiger partial charge is 0.462 e. The summed E-state index contributed by atoms with van der Waals surface area (Å²) in [6.45, 7) is 1.97. The smallest absolute Gasteiger partial charge is 0.340 e. The Kier molecular flexibility index (Phi) is 3.28. The van der Waals surface area contributed by atoms with Crippen LogP contribution in [-0.2, 0) is 4.74 Å². The molecule has 0 atom stereocenters. The summed E-state index contributed by atoms with van der Waals surface area (Å²) >= 11 is 0. The number of hydrogen-bond donors (Lipinski definition) is 2. The predicted octanol–water partition coefficient (Wildman–Crippen LogP) is 0.544. The lowest BCUT2D eigenvalue weighted by atomic mass is 10.1. The maximum Gasteiger partial charge on any atom is 0.340 e. The van der Waals surface area contributed by atoms with Crippen LogP contribution >= 0.6 is 0 Å². The van der Waals surface area contributed by atoms with E-state index >= 15 is 0 Å². The number of nitrogens with two attached hydrogens (primary N) is 2. The highest BCUT2D eigenvalue weighted by Gasteiger charge is 2.12. The molecule has 0 saturated heterocycles. The quantitative estimate of drug-likeness (QED) is 0.560. The van der Waals surface area contributed by atoms with Gasteiger partial charge in [0.05, 0.1) is 12.2 Å². The first-order chi connectivity index (χ1) is 7.06. The van der Waals surface area contributed by atoms with Crippen molar-refractivity contribution in [2.75, 3.05) is 12.3 Å². The van der Waals surface area contributed by atoms with E-state index in [9.17, 15) is 9.59 Å². The number of hydrogen-bond acceptors (Lipinski definition) is 4. The van der Waals surface area contributed by atoms with Crippen molar-refractivity contribution in [2.24, 2.45) is 5.73 Å². The number of anilines is 1. The molecule has 0 aromatic heterocycles. The first kappa shape index (κ1) is 11.0. The first-order valence-corrected chi connectivity index (χ1v) is 4.42. The fourth-order valence-corrected chi connectivity index (χ4v) is 1.11. The molecule has 1 aromatic rings. The molecule has 1 amide bonds. The van der Waals surface area contributed by atoms with E-state index in [2.05, 4.69) is 0 Å². The second-order valence-electron chi connectivity index (χ2n) is 2.89. The van der Waals surface area contributed by atoms with Gasteiger partial charge < -0.3 is 16.2 Å². The van der Waals surface area contributed by atoms with Gasteiger partial charge in [-0.3, -0.25) is 4.79 Å². The Morgan fingerprint density at radius 3 is 2.53 bits per heavy atom. The molecule has 0 heterocycles. The van der Waals surface area contributed by atoms with Crippen LogP contribution in [0.25, 0.3) is 0 Å². The van der Waals surface area contributed by atoms with Crippen molar-refractivity contribution in [1.82, 2.24) is 0 Å². The van der Waals surface area contributed by atoms with Crippen LogP contribution < -0.4 is 11.5 Å². The van der Waals surface area contributed by atoms with Gasteiger partial charge in [-0.15, -0.1) is 0 Å². The van der Waals surface area contributed by atoms with Crippen molar-refractivity contribution in [2.45, 2.75) is 6.92 Å². The third-order valence-electron chi connectivity index (χ3n) is 1.83. The highest BCUT2D eigenvalue weighted by atomic mass is 16.5. The number of nitrogen functional groups attached to an aromatic ring is 1. The van der Waals surface area contributed by atoms with Gasteiger partial charge in [-0.25, -0.2) is 4.79 Å². The zero-order valence-electron chi connectivity index (χ0n) is 8.32. The van der Waals surface area contributed by atoms with Crippen molar-refractivity contribution >= 4 is 17.6 Å². The van der Waals surface area contributed by atoms with E-state index in [0.29, 0.717) is 0 Å². The second kappa shape index (κ2) is 4.45.